The fraction of sp³-hybridized carbons (Fsp3) is 0.261. The molecule has 3 aromatic rings. The molecule has 0 aliphatic carbocycles. The molecule has 1 atom stereocenters. The largest absolute Gasteiger partial charge is 0.354 e. The number of carbonyl (C=O) groups excluding carboxylic acids is 1. The van der Waals surface area contributed by atoms with Crippen molar-refractivity contribution in [1.82, 2.24) is 10.2 Å². The monoisotopic (exact) mass is 364 g/mol. The summed E-state index contributed by atoms with van der Waals surface area (Å²) in [5, 5.41) is 5.38. The van der Waals surface area contributed by atoms with Gasteiger partial charge in [0.25, 0.3) is 0 Å². The van der Waals surface area contributed by atoms with Crippen molar-refractivity contribution >= 4 is 16.7 Å². The Morgan fingerprint density at radius 3 is 2.52 bits per heavy atom. The van der Waals surface area contributed by atoms with Crippen LogP contribution in [0.2, 0.25) is 0 Å². The van der Waals surface area contributed by atoms with Crippen LogP contribution in [0.25, 0.3) is 10.8 Å². The second kappa shape index (κ2) is 8.78. The molecular weight excluding hydrogens is 339 g/mol. The highest BCUT2D eigenvalue weighted by atomic mass is 19.1. The summed E-state index contributed by atoms with van der Waals surface area (Å²) in [7, 11) is 3.85. The van der Waals surface area contributed by atoms with Crippen LogP contribution in [0.4, 0.5) is 4.39 Å². The van der Waals surface area contributed by atoms with E-state index in [9.17, 15) is 9.18 Å². The number of nitrogens with one attached hydrogen (secondary N) is 1. The number of fused-ring (bicyclic) bond motifs is 1. The van der Waals surface area contributed by atoms with Crippen LogP contribution < -0.4 is 5.32 Å². The average Bonchev–Trinajstić information content (AvgIpc) is 2.66. The van der Waals surface area contributed by atoms with Gasteiger partial charge in [0, 0.05) is 13.0 Å². The standard InChI is InChI=1S/C23H25FN2O/c1-26(2)22(20-8-5-9-21(24)15-20)16-25-23(27)13-11-17-10-12-18-6-3-4-7-19(18)14-17/h3-10,12,14-15,22H,11,13,16H2,1-2H3,(H,25,27). The van der Waals surface area contributed by atoms with Gasteiger partial charge in [-0.05, 0) is 54.5 Å². The van der Waals surface area contributed by atoms with Gasteiger partial charge in [0.1, 0.15) is 5.82 Å². The highest BCUT2D eigenvalue weighted by Crippen LogP contribution is 2.19. The second-order valence-electron chi connectivity index (χ2n) is 7.02. The number of rotatable bonds is 7. The second-order valence-corrected chi connectivity index (χ2v) is 7.02. The van der Waals surface area contributed by atoms with Gasteiger partial charge in [-0.25, -0.2) is 4.39 Å². The van der Waals surface area contributed by atoms with Gasteiger partial charge in [0.05, 0.1) is 6.04 Å². The Balaban J connectivity index is 1.56. The Labute approximate surface area is 159 Å². The normalized spacial score (nSPS) is 12.3. The summed E-state index contributed by atoms with van der Waals surface area (Å²) in [6, 6.07) is 21.0. The minimum absolute atomic E-state index is 0.00594. The SMILES string of the molecule is CN(C)C(CNC(=O)CCc1ccc2ccccc2c1)c1cccc(F)c1. The van der Waals surface area contributed by atoms with E-state index in [1.54, 1.807) is 6.07 Å². The van der Waals surface area contributed by atoms with Crippen molar-refractivity contribution in [2.45, 2.75) is 18.9 Å². The minimum Gasteiger partial charge on any atom is -0.354 e. The van der Waals surface area contributed by atoms with E-state index in [1.165, 1.54) is 22.9 Å². The van der Waals surface area contributed by atoms with Crippen molar-refractivity contribution in [2.24, 2.45) is 0 Å². The molecule has 3 aromatic carbocycles. The molecule has 0 aliphatic rings. The molecule has 1 amide bonds. The number of likely N-dealkylation sites (N-methyl/N-ethyl adjacent to an activating group) is 1. The topological polar surface area (TPSA) is 32.3 Å². The van der Waals surface area contributed by atoms with Crippen LogP contribution in [-0.2, 0) is 11.2 Å². The summed E-state index contributed by atoms with van der Waals surface area (Å²) in [6.45, 7) is 0.451. The van der Waals surface area contributed by atoms with Crippen LogP contribution in [0, 0.1) is 5.82 Å². The first kappa shape index (κ1) is 19.1. The van der Waals surface area contributed by atoms with Gasteiger partial charge in [-0.3, -0.25) is 4.79 Å². The molecule has 1 N–H and O–H groups in total. The summed E-state index contributed by atoms with van der Waals surface area (Å²) in [4.78, 5) is 14.3. The molecule has 0 bridgehead atoms. The lowest BCUT2D eigenvalue weighted by Gasteiger charge is -2.25. The maximum Gasteiger partial charge on any atom is 0.220 e. The summed E-state index contributed by atoms with van der Waals surface area (Å²) in [5.74, 6) is -0.256. The van der Waals surface area contributed by atoms with Gasteiger partial charge in [0.15, 0.2) is 0 Å². The molecule has 1 unspecified atom stereocenters. The molecule has 0 aromatic heterocycles. The predicted octanol–water partition coefficient (Wildman–Crippen LogP) is 4.33. The first-order valence-electron chi connectivity index (χ1n) is 9.19. The van der Waals surface area contributed by atoms with E-state index in [1.807, 2.05) is 37.2 Å². The molecule has 0 heterocycles. The van der Waals surface area contributed by atoms with E-state index >= 15 is 0 Å². The van der Waals surface area contributed by atoms with E-state index in [2.05, 4.69) is 35.6 Å². The third kappa shape index (κ3) is 5.14. The van der Waals surface area contributed by atoms with Crippen molar-refractivity contribution < 1.29 is 9.18 Å². The predicted molar refractivity (Wildman–Crippen MR) is 108 cm³/mol. The fourth-order valence-electron chi connectivity index (χ4n) is 3.26. The van der Waals surface area contributed by atoms with Gasteiger partial charge >= 0.3 is 0 Å². The van der Waals surface area contributed by atoms with E-state index in [-0.39, 0.29) is 17.8 Å². The summed E-state index contributed by atoms with van der Waals surface area (Å²) < 4.78 is 13.5. The molecule has 0 spiro atoms. The molecule has 0 radical (unpaired) electrons. The van der Waals surface area contributed by atoms with Gasteiger partial charge in [-0.15, -0.1) is 0 Å². The number of amides is 1. The molecule has 0 saturated heterocycles. The Hall–Kier alpha value is -2.72. The Morgan fingerprint density at radius 2 is 1.78 bits per heavy atom. The number of benzene rings is 3. The van der Waals surface area contributed by atoms with Crippen molar-refractivity contribution in [1.29, 1.82) is 0 Å². The summed E-state index contributed by atoms with van der Waals surface area (Å²) >= 11 is 0. The lowest BCUT2D eigenvalue weighted by atomic mass is 10.0. The molecule has 3 nitrogen and oxygen atoms in total. The summed E-state index contributed by atoms with van der Waals surface area (Å²) in [6.07, 6.45) is 1.13. The molecule has 140 valence electrons. The Kier molecular flexibility index (Phi) is 6.20. The molecule has 0 saturated carbocycles. The van der Waals surface area contributed by atoms with Crippen molar-refractivity contribution in [3.05, 3.63) is 83.7 Å². The molecular formula is C23H25FN2O. The third-order valence-corrected chi connectivity index (χ3v) is 4.80. The van der Waals surface area contributed by atoms with Crippen LogP contribution in [0.15, 0.2) is 66.7 Å². The zero-order valence-corrected chi connectivity index (χ0v) is 15.8. The number of aryl methyl sites for hydroxylation is 1. The highest BCUT2D eigenvalue weighted by molar-refractivity contribution is 5.83. The van der Waals surface area contributed by atoms with Gasteiger partial charge < -0.3 is 10.2 Å². The smallest absolute Gasteiger partial charge is 0.220 e. The molecule has 0 aliphatic heterocycles. The quantitative estimate of drug-likeness (QED) is 0.677. The molecule has 0 fully saturated rings. The molecule has 3 rings (SSSR count). The van der Waals surface area contributed by atoms with Crippen molar-refractivity contribution in [3.63, 3.8) is 0 Å². The number of hydrogen-bond acceptors (Lipinski definition) is 2. The minimum atomic E-state index is -0.262. The van der Waals surface area contributed by atoms with Crippen LogP contribution in [0.1, 0.15) is 23.6 Å². The fourth-order valence-corrected chi connectivity index (χ4v) is 3.26. The molecule has 27 heavy (non-hydrogen) atoms. The van der Waals surface area contributed by atoms with E-state index in [4.69, 9.17) is 0 Å². The van der Waals surface area contributed by atoms with Crippen LogP contribution in [0.5, 0.6) is 0 Å². The zero-order valence-electron chi connectivity index (χ0n) is 15.8. The first-order chi connectivity index (χ1) is 13.0. The first-order valence-corrected chi connectivity index (χ1v) is 9.19. The lowest BCUT2D eigenvalue weighted by molar-refractivity contribution is -0.121. The number of nitrogens with zero attached hydrogens (tertiary/aromatic N) is 1. The van der Waals surface area contributed by atoms with Gasteiger partial charge in [-0.1, -0.05) is 54.6 Å². The van der Waals surface area contributed by atoms with E-state index in [0.29, 0.717) is 19.4 Å². The number of halogens is 1. The molecule has 4 heteroatoms. The van der Waals surface area contributed by atoms with Crippen molar-refractivity contribution in [3.8, 4) is 0 Å². The Morgan fingerprint density at radius 1 is 1.00 bits per heavy atom. The maximum absolute atomic E-state index is 13.5. The highest BCUT2D eigenvalue weighted by Gasteiger charge is 2.15. The van der Waals surface area contributed by atoms with E-state index < -0.39 is 0 Å². The van der Waals surface area contributed by atoms with Crippen LogP contribution >= 0.6 is 0 Å². The number of hydrogen-bond donors (Lipinski definition) is 1. The Bertz CT molecular complexity index is 923. The zero-order chi connectivity index (χ0) is 19.2. The average molecular weight is 364 g/mol. The van der Waals surface area contributed by atoms with E-state index in [0.717, 1.165) is 11.1 Å². The van der Waals surface area contributed by atoms with Crippen LogP contribution in [0.3, 0.4) is 0 Å². The lowest BCUT2D eigenvalue weighted by Crippen LogP contribution is -2.34. The van der Waals surface area contributed by atoms with Crippen LogP contribution in [-0.4, -0.2) is 31.4 Å². The number of carbonyl (C=O) groups is 1. The third-order valence-electron chi connectivity index (χ3n) is 4.80. The maximum atomic E-state index is 13.5. The van der Waals surface area contributed by atoms with Gasteiger partial charge in [-0.2, -0.15) is 0 Å². The van der Waals surface area contributed by atoms with Gasteiger partial charge in [0.2, 0.25) is 5.91 Å². The van der Waals surface area contributed by atoms with Crippen molar-refractivity contribution in [2.75, 3.05) is 20.6 Å². The summed E-state index contributed by atoms with van der Waals surface area (Å²) in [5.41, 5.74) is 2.01.